The summed E-state index contributed by atoms with van der Waals surface area (Å²) in [7, 11) is 0. The third-order valence-electron chi connectivity index (χ3n) is 2.00. The highest BCUT2D eigenvalue weighted by molar-refractivity contribution is 7.10. The second kappa shape index (κ2) is 5.36. The van der Waals surface area contributed by atoms with Gasteiger partial charge >= 0.3 is 0 Å². The maximum absolute atomic E-state index is 4.40. The molecule has 86 valence electrons. The second-order valence-corrected chi connectivity index (χ2v) is 5.20. The smallest absolute Gasteiger partial charge is 0.202 e. The van der Waals surface area contributed by atoms with Crippen molar-refractivity contribution >= 4 is 28.0 Å². The maximum Gasteiger partial charge on any atom is 0.202 e. The van der Waals surface area contributed by atoms with Crippen molar-refractivity contribution in [3.8, 4) is 0 Å². The summed E-state index contributed by atoms with van der Waals surface area (Å²) in [4.78, 5) is 8.78. The van der Waals surface area contributed by atoms with E-state index in [1.54, 1.807) is 11.3 Å². The summed E-state index contributed by atoms with van der Waals surface area (Å²) in [6, 6.07) is 0. The van der Waals surface area contributed by atoms with Crippen LogP contribution in [0.3, 0.4) is 0 Å². The lowest BCUT2D eigenvalue weighted by molar-refractivity contribution is 0.861. The van der Waals surface area contributed by atoms with E-state index in [-0.39, 0.29) is 0 Å². The molecule has 16 heavy (non-hydrogen) atoms. The van der Waals surface area contributed by atoms with Crippen LogP contribution < -0.4 is 5.32 Å². The summed E-state index contributed by atoms with van der Waals surface area (Å²) in [6.07, 6.45) is 2.04. The van der Waals surface area contributed by atoms with Gasteiger partial charge in [0.1, 0.15) is 10.8 Å². The van der Waals surface area contributed by atoms with Crippen molar-refractivity contribution in [1.29, 1.82) is 0 Å². The number of aromatic nitrogens is 3. The van der Waals surface area contributed by atoms with Crippen LogP contribution >= 0.6 is 22.9 Å². The lowest BCUT2D eigenvalue weighted by atomic mass is 10.3. The number of nitrogens with zero attached hydrogens (tertiary/aromatic N) is 3. The number of thiazole rings is 1. The predicted molar refractivity (Wildman–Crippen MR) is 68.1 cm³/mol. The van der Waals surface area contributed by atoms with E-state index >= 15 is 0 Å². The van der Waals surface area contributed by atoms with Crippen LogP contribution in [0, 0.1) is 6.92 Å². The summed E-state index contributed by atoms with van der Waals surface area (Å²) in [5.41, 5.74) is 1.07. The molecule has 0 saturated heterocycles. The van der Waals surface area contributed by atoms with Gasteiger partial charge in [-0.3, -0.25) is 0 Å². The van der Waals surface area contributed by atoms with Crippen molar-refractivity contribution < 1.29 is 0 Å². The Morgan fingerprint density at radius 1 is 1.38 bits per heavy atom. The molecule has 0 bridgehead atoms. The van der Waals surface area contributed by atoms with Crippen LogP contribution in [0.15, 0.2) is 5.38 Å². The van der Waals surface area contributed by atoms with Gasteiger partial charge in [-0.05, 0) is 13.3 Å². The van der Waals surface area contributed by atoms with Crippen molar-refractivity contribution in [2.75, 3.05) is 5.32 Å². The van der Waals surface area contributed by atoms with Gasteiger partial charge in [0.25, 0.3) is 0 Å². The fourth-order valence-corrected chi connectivity index (χ4v) is 2.60. The first-order chi connectivity index (χ1) is 7.78. The lowest BCUT2D eigenvalue weighted by Gasteiger charge is -1.96. The van der Waals surface area contributed by atoms with E-state index < -0.39 is 0 Å². The van der Waals surface area contributed by atoms with E-state index in [1.165, 1.54) is 11.5 Å². The molecular weight excluding hydrogens is 240 g/mol. The van der Waals surface area contributed by atoms with Gasteiger partial charge in [-0.15, -0.1) is 11.3 Å². The molecule has 0 radical (unpaired) electrons. The van der Waals surface area contributed by atoms with Crippen molar-refractivity contribution in [3.63, 3.8) is 0 Å². The average Bonchev–Trinajstić information content (AvgIpc) is 2.85. The van der Waals surface area contributed by atoms with Gasteiger partial charge in [0.05, 0.1) is 6.54 Å². The Hall–Kier alpha value is -1.01. The van der Waals surface area contributed by atoms with Gasteiger partial charge < -0.3 is 5.32 Å². The normalized spacial score (nSPS) is 10.6. The zero-order valence-electron chi connectivity index (χ0n) is 9.36. The highest BCUT2D eigenvalue weighted by Gasteiger charge is 2.04. The molecule has 1 N–H and O–H groups in total. The Kier molecular flexibility index (Phi) is 3.84. The molecule has 2 aromatic rings. The number of rotatable bonds is 5. The summed E-state index contributed by atoms with van der Waals surface area (Å²) in [6.45, 7) is 4.87. The maximum atomic E-state index is 4.40. The molecule has 0 aliphatic heterocycles. The predicted octanol–water partition coefficient (Wildman–Crippen LogP) is 2.87. The quantitative estimate of drug-likeness (QED) is 0.891. The van der Waals surface area contributed by atoms with E-state index in [9.17, 15) is 0 Å². The zero-order valence-corrected chi connectivity index (χ0v) is 11.0. The molecule has 0 amide bonds. The SMILES string of the molecule is CCCc1nsc(NCc2nc(C)cs2)n1. The molecular formula is C10H14N4S2. The van der Waals surface area contributed by atoms with Gasteiger partial charge in [-0.25, -0.2) is 9.97 Å². The molecule has 6 heteroatoms. The van der Waals surface area contributed by atoms with Crippen molar-refractivity contribution in [2.24, 2.45) is 0 Å². The monoisotopic (exact) mass is 254 g/mol. The van der Waals surface area contributed by atoms with Gasteiger partial charge in [-0.1, -0.05) is 6.92 Å². The molecule has 0 saturated carbocycles. The summed E-state index contributed by atoms with van der Waals surface area (Å²) in [5.74, 6) is 0.935. The third-order valence-corrected chi connectivity index (χ3v) is 3.68. The zero-order chi connectivity index (χ0) is 11.4. The van der Waals surface area contributed by atoms with E-state index in [1.807, 2.05) is 6.92 Å². The van der Waals surface area contributed by atoms with Gasteiger partial charge in [0, 0.05) is 29.0 Å². The number of hydrogen-bond acceptors (Lipinski definition) is 6. The van der Waals surface area contributed by atoms with Crippen LogP contribution in [0.25, 0.3) is 0 Å². The van der Waals surface area contributed by atoms with Crippen LogP contribution in [0.2, 0.25) is 0 Å². The minimum absolute atomic E-state index is 0.735. The minimum Gasteiger partial charge on any atom is -0.354 e. The van der Waals surface area contributed by atoms with Crippen LogP contribution in [0.1, 0.15) is 29.9 Å². The molecule has 0 aliphatic carbocycles. The number of aryl methyl sites for hydroxylation is 2. The number of anilines is 1. The molecule has 0 fully saturated rings. The second-order valence-electron chi connectivity index (χ2n) is 3.50. The number of hydrogen-bond donors (Lipinski definition) is 1. The molecule has 0 unspecified atom stereocenters. The van der Waals surface area contributed by atoms with Crippen LogP contribution in [0.4, 0.5) is 5.13 Å². The fraction of sp³-hybridized carbons (Fsp3) is 0.500. The average molecular weight is 254 g/mol. The van der Waals surface area contributed by atoms with Crippen LogP contribution in [-0.4, -0.2) is 14.3 Å². The Morgan fingerprint density at radius 2 is 2.25 bits per heavy atom. The molecule has 0 spiro atoms. The first kappa shape index (κ1) is 11.5. The first-order valence-corrected chi connectivity index (χ1v) is 6.90. The van der Waals surface area contributed by atoms with Crippen molar-refractivity contribution in [3.05, 3.63) is 21.9 Å². The highest BCUT2D eigenvalue weighted by atomic mass is 32.1. The molecule has 4 nitrogen and oxygen atoms in total. The van der Waals surface area contributed by atoms with Crippen LogP contribution in [-0.2, 0) is 13.0 Å². The molecule has 2 rings (SSSR count). The minimum atomic E-state index is 0.735. The Labute approximate surface area is 103 Å². The molecule has 2 aromatic heterocycles. The van der Waals surface area contributed by atoms with Gasteiger partial charge in [-0.2, -0.15) is 4.37 Å². The fourth-order valence-electron chi connectivity index (χ4n) is 1.29. The molecule has 0 atom stereocenters. The first-order valence-electron chi connectivity index (χ1n) is 5.25. The number of nitrogens with one attached hydrogen (secondary N) is 1. The lowest BCUT2D eigenvalue weighted by Crippen LogP contribution is -1.98. The molecule has 0 aromatic carbocycles. The topological polar surface area (TPSA) is 50.7 Å². The Balaban J connectivity index is 1.89. The molecule has 2 heterocycles. The summed E-state index contributed by atoms with van der Waals surface area (Å²) < 4.78 is 4.27. The highest BCUT2D eigenvalue weighted by Crippen LogP contribution is 2.15. The standard InChI is InChI=1S/C10H14N4S2/c1-3-4-8-13-10(16-14-8)11-5-9-12-7(2)6-15-9/h6H,3-5H2,1-2H3,(H,11,13,14). The van der Waals surface area contributed by atoms with Crippen molar-refractivity contribution in [1.82, 2.24) is 14.3 Å². The molecule has 0 aliphatic rings. The van der Waals surface area contributed by atoms with E-state index in [0.29, 0.717) is 0 Å². The Bertz CT molecular complexity index is 449. The van der Waals surface area contributed by atoms with E-state index in [0.717, 1.165) is 41.0 Å². The summed E-state index contributed by atoms with van der Waals surface area (Å²) >= 11 is 3.09. The largest absolute Gasteiger partial charge is 0.354 e. The van der Waals surface area contributed by atoms with Gasteiger partial charge in [0.15, 0.2) is 0 Å². The van der Waals surface area contributed by atoms with E-state index in [4.69, 9.17) is 0 Å². The van der Waals surface area contributed by atoms with Crippen LogP contribution in [0.5, 0.6) is 0 Å². The summed E-state index contributed by atoms with van der Waals surface area (Å²) in [5, 5.41) is 7.27. The third kappa shape index (κ3) is 2.99. The van der Waals surface area contributed by atoms with Gasteiger partial charge in [0.2, 0.25) is 5.13 Å². The Morgan fingerprint density at radius 3 is 2.94 bits per heavy atom. The van der Waals surface area contributed by atoms with Crippen molar-refractivity contribution in [2.45, 2.75) is 33.2 Å². The van der Waals surface area contributed by atoms with E-state index in [2.05, 4.69) is 32.0 Å².